The lowest BCUT2D eigenvalue weighted by atomic mass is 9.95. The number of carbonyl (C=O) groups is 2. The molecule has 1 aliphatic heterocycles. The molecule has 4 N–H and O–H groups in total. The lowest BCUT2D eigenvalue weighted by Crippen LogP contribution is -2.41. The van der Waals surface area contributed by atoms with E-state index in [0.717, 1.165) is 25.1 Å². The van der Waals surface area contributed by atoms with E-state index < -0.39 is 6.10 Å². The van der Waals surface area contributed by atoms with E-state index in [0.29, 0.717) is 24.0 Å². The molecule has 2 aromatic rings. The number of amides is 1. The Hall–Kier alpha value is -3.06. The maximum atomic E-state index is 12.4. The molecule has 1 amide bonds. The van der Waals surface area contributed by atoms with E-state index in [4.69, 9.17) is 0 Å². The lowest BCUT2D eigenvalue weighted by molar-refractivity contribution is -0.126. The summed E-state index contributed by atoms with van der Waals surface area (Å²) in [6.07, 6.45) is 1.26. The van der Waals surface area contributed by atoms with Gasteiger partial charge in [0, 0.05) is 36.8 Å². The van der Waals surface area contributed by atoms with E-state index in [1.54, 1.807) is 12.1 Å². The van der Waals surface area contributed by atoms with Gasteiger partial charge < -0.3 is 25.5 Å². The van der Waals surface area contributed by atoms with E-state index in [-0.39, 0.29) is 29.9 Å². The number of phenolic OH excluding ortho intramolecular Hbond substituents is 2. The van der Waals surface area contributed by atoms with Crippen LogP contribution in [0, 0.1) is 5.92 Å². The van der Waals surface area contributed by atoms with Crippen molar-refractivity contribution in [1.82, 2.24) is 5.32 Å². The average Bonchev–Trinajstić information content (AvgIpc) is 2.74. The van der Waals surface area contributed by atoms with E-state index in [1.807, 2.05) is 12.1 Å². The Balaban J connectivity index is 1.48. The molecule has 1 heterocycles. The first kappa shape index (κ1) is 19.7. The van der Waals surface area contributed by atoms with E-state index in [9.17, 15) is 24.9 Å². The summed E-state index contributed by atoms with van der Waals surface area (Å²) in [5.74, 6) is -0.784. The average molecular weight is 384 g/mol. The smallest absolute Gasteiger partial charge is 0.223 e. The number of aliphatic hydroxyl groups excluding tert-OH is 1. The molecule has 0 radical (unpaired) electrons. The molecule has 0 saturated carbocycles. The third kappa shape index (κ3) is 4.61. The minimum absolute atomic E-state index is 0.0381. The lowest BCUT2D eigenvalue weighted by Gasteiger charge is -2.33. The van der Waals surface area contributed by atoms with Crippen LogP contribution in [-0.2, 0) is 4.79 Å². The maximum Gasteiger partial charge on any atom is 0.223 e. The first-order chi connectivity index (χ1) is 13.5. The molecule has 1 fully saturated rings. The summed E-state index contributed by atoms with van der Waals surface area (Å²) in [5.41, 5.74) is 2.09. The minimum atomic E-state index is -0.966. The normalized spacial score (nSPS) is 15.8. The zero-order valence-electron chi connectivity index (χ0n) is 15.4. The maximum absolute atomic E-state index is 12.4. The highest BCUT2D eigenvalue weighted by Crippen LogP contribution is 2.28. The van der Waals surface area contributed by atoms with Gasteiger partial charge in [-0.15, -0.1) is 0 Å². The number of anilines is 1. The molecule has 0 spiro atoms. The van der Waals surface area contributed by atoms with Crippen LogP contribution in [0.25, 0.3) is 0 Å². The fourth-order valence-electron chi connectivity index (χ4n) is 3.37. The van der Waals surface area contributed by atoms with Gasteiger partial charge in [0.2, 0.25) is 5.91 Å². The minimum Gasteiger partial charge on any atom is -0.504 e. The molecular weight excluding hydrogens is 360 g/mol. The molecule has 7 heteroatoms. The van der Waals surface area contributed by atoms with Crippen molar-refractivity contribution in [3.05, 3.63) is 53.6 Å². The Morgan fingerprint density at radius 2 is 1.79 bits per heavy atom. The molecule has 3 rings (SSSR count). The number of aromatic hydroxyl groups is 2. The molecule has 7 nitrogen and oxygen atoms in total. The standard InChI is InChI=1S/C21H24N2O5/c24-13-14-1-4-17(5-2-14)23-9-7-15(8-10-23)21(28)22-12-20(27)16-3-6-18(25)19(26)11-16/h1-6,11,13,15,20,25-27H,7-10,12H2,(H,22,28)/t20-/m0/s1. The van der Waals surface area contributed by atoms with Gasteiger partial charge in [0.1, 0.15) is 6.29 Å². The number of hydrogen-bond acceptors (Lipinski definition) is 6. The molecule has 0 aliphatic carbocycles. The van der Waals surface area contributed by atoms with Gasteiger partial charge in [-0.2, -0.15) is 0 Å². The second-order valence-corrected chi connectivity index (χ2v) is 6.98. The highest BCUT2D eigenvalue weighted by molar-refractivity contribution is 5.79. The van der Waals surface area contributed by atoms with Crippen LogP contribution in [-0.4, -0.2) is 47.1 Å². The molecule has 148 valence electrons. The molecule has 1 aliphatic rings. The summed E-state index contributed by atoms with van der Waals surface area (Å²) in [6.45, 7) is 1.52. The van der Waals surface area contributed by atoms with Gasteiger partial charge >= 0.3 is 0 Å². The number of aldehydes is 1. The summed E-state index contributed by atoms with van der Waals surface area (Å²) in [7, 11) is 0. The number of piperidine rings is 1. The van der Waals surface area contributed by atoms with Crippen LogP contribution in [0.2, 0.25) is 0 Å². The second-order valence-electron chi connectivity index (χ2n) is 6.98. The Kier molecular flexibility index (Phi) is 6.16. The van der Waals surface area contributed by atoms with Crippen molar-refractivity contribution in [3.63, 3.8) is 0 Å². The van der Waals surface area contributed by atoms with Crippen LogP contribution in [0.15, 0.2) is 42.5 Å². The molecule has 0 aromatic heterocycles. The van der Waals surface area contributed by atoms with Crippen molar-refractivity contribution in [3.8, 4) is 11.5 Å². The zero-order valence-corrected chi connectivity index (χ0v) is 15.4. The number of aliphatic hydroxyl groups is 1. The summed E-state index contributed by atoms with van der Waals surface area (Å²) in [4.78, 5) is 25.3. The van der Waals surface area contributed by atoms with E-state index in [1.165, 1.54) is 18.2 Å². The Bertz CT molecular complexity index is 829. The molecule has 0 bridgehead atoms. The van der Waals surface area contributed by atoms with Crippen LogP contribution in [0.4, 0.5) is 5.69 Å². The van der Waals surface area contributed by atoms with Crippen molar-refractivity contribution in [2.75, 3.05) is 24.5 Å². The summed E-state index contributed by atoms with van der Waals surface area (Å²) < 4.78 is 0. The van der Waals surface area contributed by atoms with Gasteiger partial charge in [-0.25, -0.2) is 0 Å². The van der Waals surface area contributed by atoms with Gasteiger partial charge in [0.05, 0.1) is 6.10 Å². The molecule has 2 aromatic carbocycles. The summed E-state index contributed by atoms with van der Waals surface area (Å²) in [6, 6.07) is 11.5. The van der Waals surface area contributed by atoms with Gasteiger partial charge in [-0.05, 0) is 54.8 Å². The number of rotatable bonds is 6. The van der Waals surface area contributed by atoms with E-state index in [2.05, 4.69) is 10.2 Å². The second kappa shape index (κ2) is 8.75. The SMILES string of the molecule is O=Cc1ccc(N2CCC(C(=O)NC[C@H](O)c3ccc(O)c(O)c3)CC2)cc1. The van der Waals surface area contributed by atoms with Gasteiger partial charge in [0.15, 0.2) is 11.5 Å². The van der Waals surface area contributed by atoms with Crippen molar-refractivity contribution in [2.45, 2.75) is 18.9 Å². The predicted octanol–water partition coefficient (Wildman–Crippen LogP) is 1.98. The van der Waals surface area contributed by atoms with Crippen LogP contribution in [0.1, 0.15) is 34.9 Å². The Morgan fingerprint density at radius 1 is 1.11 bits per heavy atom. The van der Waals surface area contributed by atoms with Crippen LogP contribution in [0.3, 0.4) is 0 Å². The Labute approximate surface area is 163 Å². The molecule has 28 heavy (non-hydrogen) atoms. The quantitative estimate of drug-likeness (QED) is 0.448. The van der Waals surface area contributed by atoms with Crippen molar-refractivity contribution in [2.24, 2.45) is 5.92 Å². The molecule has 1 atom stereocenters. The van der Waals surface area contributed by atoms with Crippen LogP contribution >= 0.6 is 0 Å². The van der Waals surface area contributed by atoms with Crippen LogP contribution in [0.5, 0.6) is 11.5 Å². The van der Waals surface area contributed by atoms with Crippen molar-refractivity contribution >= 4 is 17.9 Å². The van der Waals surface area contributed by atoms with Crippen molar-refractivity contribution in [1.29, 1.82) is 0 Å². The zero-order chi connectivity index (χ0) is 20.1. The number of nitrogens with one attached hydrogen (secondary N) is 1. The summed E-state index contributed by atoms with van der Waals surface area (Å²) in [5, 5.41) is 31.8. The largest absolute Gasteiger partial charge is 0.504 e. The molecule has 0 unspecified atom stereocenters. The van der Waals surface area contributed by atoms with Gasteiger partial charge in [0.25, 0.3) is 0 Å². The highest BCUT2D eigenvalue weighted by Gasteiger charge is 2.25. The fourth-order valence-corrected chi connectivity index (χ4v) is 3.37. The number of nitrogens with zero attached hydrogens (tertiary/aromatic N) is 1. The Morgan fingerprint density at radius 3 is 2.39 bits per heavy atom. The number of phenols is 2. The number of carbonyl (C=O) groups excluding carboxylic acids is 2. The monoisotopic (exact) mass is 384 g/mol. The van der Waals surface area contributed by atoms with Gasteiger partial charge in [-0.1, -0.05) is 6.07 Å². The third-order valence-electron chi connectivity index (χ3n) is 5.11. The van der Waals surface area contributed by atoms with E-state index >= 15 is 0 Å². The third-order valence-corrected chi connectivity index (χ3v) is 5.11. The number of benzene rings is 2. The highest BCUT2D eigenvalue weighted by atomic mass is 16.3. The van der Waals surface area contributed by atoms with Crippen LogP contribution < -0.4 is 10.2 Å². The number of hydrogen-bond donors (Lipinski definition) is 4. The summed E-state index contributed by atoms with van der Waals surface area (Å²) >= 11 is 0. The van der Waals surface area contributed by atoms with Gasteiger partial charge in [-0.3, -0.25) is 9.59 Å². The predicted molar refractivity (Wildman–Crippen MR) is 105 cm³/mol. The van der Waals surface area contributed by atoms with Crippen molar-refractivity contribution < 1.29 is 24.9 Å². The topological polar surface area (TPSA) is 110 Å². The first-order valence-corrected chi connectivity index (χ1v) is 9.26. The fraction of sp³-hybridized carbons (Fsp3) is 0.333. The first-order valence-electron chi connectivity index (χ1n) is 9.26. The molecule has 1 saturated heterocycles. The molecular formula is C21H24N2O5.